The molecule has 0 saturated carbocycles. The van der Waals surface area contributed by atoms with Crippen LogP contribution in [0.1, 0.15) is 36.8 Å². The molecule has 0 amide bonds. The van der Waals surface area contributed by atoms with E-state index < -0.39 is 23.8 Å². The number of aliphatic hydroxyl groups excluding tert-OH is 1. The molecule has 42 heavy (non-hydrogen) atoms. The van der Waals surface area contributed by atoms with E-state index in [2.05, 4.69) is 4.90 Å². The zero-order chi connectivity index (χ0) is 29.9. The largest absolute Gasteiger partial charge is 0.504 e. The molecule has 1 fully saturated rings. The van der Waals surface area contributed by atoms with Gasteiger partial charge in [0.1, 0.15) is 5.82 Å². The van der Waals surface area contributed by atoms with E-state index in [1.807, 2.05) is 48.2 Å². The first-order chi connectivity index (χ1) is 20.2. The fraction of sp³-hybridized carbons (Fsp3) is 0.375. The number of benzene rings is 2. The van der Waals surface area contributed by atoms with Crippen LogP contribution in [0.3, 0.4) is 0 Å². The molecule has 1 N–H and O–H groups in total. The van der Waals surface area contributed by atoms with Crippen LogP contribution in [0.25, 0.3) is 10.9 Å². The lowest BCUT2D eigenvalue weighted by molar-refractivity contribution is -0.137. The quantitative estimate of drug-likeness (QED) is 0.333. The zero-order valence-corrected chi connectivity index (χ0v) is 23.9. The molecule has 10 heteroatoms. The highest BCUT2D eigenvalue weighted by Gasteiger charge is 2.34. The molecule has 5 rings (SSSR count). The van der Waals surface area contributed by atoms with E-state index in [0.29, 0.717) is 31.0 Å². The van der Waals surface area contributed by atoms with Crippen molar-refractivity contribution < 1.29 is 27.8 Å². The molecule has 3 heterocycles. The molecule has 2 unspecified atom stereocenters. The van der Waals surface area contributed by atoms with Gasteiger partial charge in [-0.2, -0.15) is 18.2 Å². The van der Waals surface area contributed by atoms with Crippen LogP contribution in [0.4, 0.5) is 24.9 Å². The summed E-state index contributed by atoms with van der Waals surface area (Å²) in [5, 5.41) is 12.0. The number of piperidine rings is 1. The van der Waals surface area contributed by atoms with Gasteiger partial charge in [-0.1, -0.05) is 30.3 Å². The van der Waals surface area contributed by atoms with Crippen LogP contribution in [0.5, 0.6) is 0 Å². The number of methoxy groups -OCH3 is 2. The molecule has 7 nitrogen and oxygen atoms in total. The Bertz CT molecular complexity index is 1520. The van der Waals surface area contributed by atoms with Crippen LogP contribution in [0.2, 0.25) is 0 Å². The first kappa shape index (κ1) is 29.4. The average Bonchev–Trinajstić information content (AvgIpc) is 2.99. The van der Waals surface area contributed by atoms with Crippen molar-refractivity contribution in [1.82, 2.24) is 9.97 Å². The van der Waals surface area contributed by atoms with Gasteiger partial charge in [0.15, 0.2) is 0 Å². The molecule has 0 radical (unpaired) electrons. The Morgan fingerprint density at radius 2 is 1.83 bits per heavy atom. The Hall–Kier alpha value is -4.05. The molecule has 3 aromatic rings. The van der Waals surface area contributed by atoms with Crippen molar-refractivity contribution in [3.05, 3.63) is 95.0 Å². The standard InChI is InChI=1S/C32H35F3N4O3/c1-21(42-3)17-22-11-14-38(19-24(22)13-16-41-2)30-27-9-4-5-10-28(27)36-31(37-30)39-15-12-26(29(40)20-39)23-7-6-8-25(18-23)32(33,34)35/h4-10,13,16-18,26,29,40H,11-12,14-15,19-20H2,1-3H3/b16-13+,21-17+. The van der Waals surface area contributed by atoms with Gasteiger partial charge in [0, 0.05) is 37.5 Å². The Morgan fingerprint density at radius 1 is 1.02 bits per heavy atom. The summed E-state index contributed by atoms with van der Waals surface area (Å²) in [4.78, 5) is 14.0. The van der Waals surface area contributed by atoms with Crippen LogP contribution in [0.15, 0.2) is 83.9 Å². The summed E-state index contributed by atoms with van der Waals surface area (Å²) in [6.07, 6.45) is 1.61. The molecular weight excluding hydrogens is 545 g/mol. The summed E-state index contributed by atoms with van der Waals surface area (Å²) >= 11 is 0. The molecule has 2 aliphatic heterocycles. The number of hydrogen-bond acceptors (Lipinski definition) is 7. The molecule has 1 saturated heterocycles. The van der Waals surface area contributed by atoms with E-state index in [0.717, 1.165) is 58.7 Å². The smallest absolute Gasteiger partial charge is 0.416 e. The third kappa shape index (κ3) is 6.38. The lowest BCUT2D eigenvalue weighted by atomic mass is 9.86. The fourth-order valence-corrected chi connectivity index (χ4v) is 5.64. The number of β-amino-alcohol motifs (C(OH)–C–C–N with tert-alkyl or cyclic N) is 1. The Kier molecular flexibility index (Phi) is 8.72. The highest BCUT2D eigenvalue weighted by molar-refractivity contribution is 5.91. The van der Waals surface area contributed by atoms with Gasteiger partial charge in [0.25, 0.3) is 0 Å². The minimum atomic E-state index is -4.43. The number of aromatic nitrogens is 2. The number of hydrogen-bond donors (Lipinski definition) is 1. The summed E-state index contributed by atoms with van der Waals surface area (Å²) in [6, 6.07) is 13.1. The maximum Gasteiger partial charge on any atom is 0.416 e. The van der Waals surface area contributed by atoms with Crippen molar-refractivity contribution in [3.8, 4) is 0 Å². The number of allylic oxidation sites excluding steroid dienone is 2. The van der Waals surface area contributed by atoms with Crippen molar-refractivity contribution in [2.24, 2.45) is 0 Å². The minimum absolute atomic E-state index is 0.214. The molecule has 1 aromatic heterocycles. The number of fused-ring (bicyclic) bond motifs is 1. The number of nitrogens with zero attached hydrogens (tertiary/aromatic N) is 4. The molecule has 222 valence electrons. The third-order valence-corrected chi connectivity index (χ3v) is 7.91. The lowest BCUT2D eigenvalue weighted by Gasteiger charge is -2.37. The number of ether oxygens (including phenoxy) is 2. The van der Waals surface area contributed by atoms with E-state index in [1.165, 1.54) is 6.07 Å². The van der Waals surface area contributed by atoms with Crippen molar-refractivity contribution in [2.75, 3.05) is 50.2 Å². The van der Waals surface area contributed by atoms with E-state index in [-0.39, 0.29) is 6.54 Å². The number of anilines is 2. The van der Waals surface area contributed by atoms with Gasteiger partial charge in [0.2, 0.25) is 5.95 Å². The van der Waals surface area contributed by atoms with Crippen LogP contribution in [-0.4, -0.2) is 61.6 Å². The van der Waals surface area contributed by atoms with E-state index in [1.54, 1.807) is 26.5 Å². The summed E-state index contributed by atoms with van der Waals surface area (Å²) in [5.74, 6) is 1.69. The second-order valence-corrected chi connectivity index (χ2v) is 10.6. The maximum absolute atomic E-state index is 13.3. The first-order valence-corrected chi connectivity index (χ1v) is 13.9. The Balaban J connectivity index is 1.43. The molecule has 0 bridgehead atoms. The second-order valence-electron chi connectivity index (χ2n) is 10.6. The van der Waals surface area contributed by atoms with Crippen LogP contribution < -0.4 is 9.80 Å². The molecule has 2 aliphatic rings. The summed E-state index contributed by atoms with van der Waals surface area (Å²) in [7, 11) is 3.27. The van der Waals surface area contributed by atoms with E-state index in [4.69, 9.17) is 19.4 Å². The minimum Gasteiger partial charge on any atom is -0.504 e. The average molecular weight is 581 g/mol. The van der Waals surface area contributed by atoms with Crippen molar-refractivity contribution in [1.29, 1.82) is 0 Å². The number of aliphatic hydroxyl groups is 1. The van der Waals surface area contributed by atoms with Crippen molar-refractivity contribution >= 4 is 22.7 Å². The van der Waals surface area contributed by atoms with Gasteiger partial charge in [-0.05, 0) is 66.8 Å². The number of para-hydroxylation sites is 1. The molecular formula is C32H35F3N4O3. The predicted octanol–water partition coefficient (Wildman–Crippen LogP) is 6.22. The van der Waals surface area contributed by atoms with Crippen molar-refractivity contribution in [2.45, 2.75) is 38.0 Å². The van der Waals surface area contributed by atoms with Crippen LogP contribution >= 0.6 is 0 Å². The van der Waals surface area contributed by atoms with Gasteiger partial charge >= 0.3 is 6.18 Å². The monoisotopic (exact) mass is 580 g/mol. The van der Waals surface area contributed by atoms with E-state index in [9.17, 15) is 18.3 Å². The fourth-order valence-electron chi connectivity index (χ4n) is 5.64. The van der Waals surface area contributed by atoms with Gasteiger partial charge < -0.3 is 24.4 Å². The van der Waals surface area contributed by atoms with Gasteiger partial charge in [0.05, 0.1) is 43.4 Å². The Labute approximate surface area is 243 Å². The highest BCUT2D eigenvalue weighted by atomic mass is 19.4. The second kappa shape index (κ2) is 12.4. The predicted molar refractivity (Wildman–Crippen MR) is 157 cm³/mol. The summed E-state index contributed by atoms with van der Waals surface area (Å²) in [5.41, 5.74) is 2.81. The molecule has 2 aromatic carbocycles. The number of alkyl halides is 3. The number of halogens is 3. The van der Waals surface area contributed by atoms with E-state index >= 15 is 0 Å². The molecule has 0 spiro atoms. The Morgan fingerprint density at radius 3 is 2.57 bits per heavy atom. The summed E-state index contributed by atoms with van der Waals surface area (Å²) < 4.78 is 50.5. The highest BCUT2D eigenvalue weighted by Crippen LogP contribution is 2.36. The first-order valence-electron chi connectivity index (χ1n) is 13.9. The van der Waals surface area contributed by atoms with Crippen LogP contribution in [0, 0.1) is 0 Å². The van der Waals surface area contributed by atoms with Gasteiger partial charge in [-0.3, -0.25) is 0 Å². The molecule has 2 atom stereocenters. The zero-order valence-electron chi connectivity index (χ0n) is 23.9. The SMILES string of the molecule is CO/C=C/C1=C(/C=C(\C)OC)CCN(c2nc(N3CCC(c4cccc(C(F)(F)F)c4)C(O)C3)nc3ccccc23)C1. The lowest BCUT2D eigenvalue weighted by Crippen LogP contribution is -2.44. The normalized spacial score (nSPS) is 20.5. The van der Waals surface area contributed by atoms with Crippen molar-refractivity contribution in [3.63, 3.8) is 0 Å². The van der Waals surface area contributed by atoms with Gasteiger partial charge in [-0.15, -0.1) is 0 Å². The number of rotatable bonds is 7. The van der Waals surface area contributed by atoms with Crippen LogP contribution in [-0.2, 0) is 15.7 Å². The molecule has 0 aliphatic carbocycles. The topological polar surface area (TPSA) is 71.0 Å². The summed E-state index contributed by atoms with van der Waals surface area (Å²) in [6.45, 7) is 3.97. The van der Waals surface area contributed by atoms with Gasteiger partial charge in [-0.25, -0.2) is 4.98 Å². The maximum atomic E-state index is 13.3. The third-order valence-electron chi connectivity index (χ3n) is 7.91.